The highest BCUT2D eigenvalue weighted by atomic mass is 32.1. The van der Waals surface area contributed by atoms with Crippen molar-refractivity contribution >= 4 is 34.3 Å². The average Bonchev–Trinajstić information content (AvgIpc) is 3.31. The van der Waals surface area contributed by atoms with Crippen LogP contribution in [-0.2, 0) is 13.2 Å². The number of aromatic amines is 1. The molecular formula is C20H21N4OS2+. The Morgan fingerprint density at radius 1 is 1.19 bits per heavy atom. The molecule has 138 valence electrons. The maximum Gasteiger partial charge on any atom is 0.221 e. The molecule has 4 aromatic rings. The molecule has 0 aliphatic carbocycles. The van der Waals surface area contributed by atoms with Crippen molar-refractivity contribution < 1.29 is 9.64 Å². The van der Waals surface area contributed by atoms with Gasteiger partial charge in [0.15, 0.2) is 12.5 Å². The van der Waals surface area contributed by atoms with E-state index in [1.165, 1.54) is 21.2 Å². The Kier molecular flexibility index (Phi) is 5.07. The summed E-state index contributed by atoms with van der Waals surface area (Å²) < 4.78 is 7.82. The van der Waals surface area contributed by atoms with E-state index < -0.39 is 0 Å². The number of quaternary nitrogens is 1. The minimum atomic E-state index is 0.586. The van der Waals surface area contributed by atoms with E-state index in [1.54, 1.807) is 18.4 Å². The lowest BCUT2D eigenvalue weighted by Crippen LogP contribution is -3.07. The highest BCUT2D eigenvalue weighted by molar-refractivity contribution is 7.71. The Balaban J connectivity index is 1.48. The van der Waals surface area contributed by atoms with E-state index in [2.05, 4.69) is 47.5 Å². The van der Waals surface area contributed by atoms with Gasteiger partial charge in [0, 0.05) is 5.56 Å². The van der Waals surface area contributed by atoms with Gasteiger partial charge in [0.2, 0.25) is 4.77 Å². The molecular weight excluding hydrogens is 376 g/mol. The molecule has 0 saturated carbocycles. The first-order valence-electron chi connectivity index (χ1n) is 8.71. The molecule has 0 bridgehead atoms. The van der Waals surface area contributed by atoms with Crippen molar-refractivity contribution in [3.05, 3.63) is 64.2 Å². The first-order valence-corrected chi connectivity index (χ1v) is 10.00. The van der Waals surface area contributed by atoms with Crippen LogP contribution in [0.3, 0.4) is 0 Å². The van der Waals surface area contributed by atoms with Crippen molar-refractivity contribution in [3.63, 3.8) is 0 Å². The summed E-state index contributed by atoms with van der Waals surface area (Å²) in [6, 6.07) is 16.8. The normalized spacial score (nSPS) is 12.4. The zero-order valence-corrected chi connectivity index (χ0v) is 16.9. The zero-order chi connectivity index (χ0) is 18.8. The molecule has 2 aromatic heterocycles. The van der Waals surface area contributed by atoms with Gasteiger partial charge < -0.3 is 9.64 Å². The summed E-state index contributed by atoms with van der Waals surface area (Å²) in [6.07, 6.45) is 0. The fourth-order valence-corrected chi connectivity index (χ4v) is 4.04. The monoisotopic (exact) mass is 397 g/mol. The van der Waals surface area contributed by atoms with E-state index in [4.69, 9.17) is 17.0 Å². The quantitative estimate of drug-likeness (QED) is 0.490. The minimum Gasteiger partial charge on any atom is -0.497 e. The van der Waals surface area contributed by atoms with Crippen molar-refractivity contribution in [3.8, 4) is 16.5 Å². The van der Waals surface area contributed by atoms with E-state index in [0.29, 0.717) is 4.77 Å². The predicted octanol–water partition coefficient (Wildman–Crippen LogP) is 3.50. The molecule has 4 rings (SSSR count). The molecule has 0 spiro atoms. The van der Waals surface area contributed by atoms with Gasteiger partial charge >= 0.3 is 0 Å². The molecule has 1 atom stereocenters. The SMILES string of the molecule is COc1ccc2cc(C[NH+](C)Cn3[nH]c(-c4cccs4)nc3=S)ccc2c1. The molecule has 27 heavy (non-hydrogen) atoms. The summed E-state index contributed by atoms with van der Waals surface area (Å²) in [5.74, 6) is 1.72. The Hall–Kier alpha value is -2.48. The molecule has 1 unspecified atom stereocenters. The highest BCUT2D eigenvalue weighted by Gasteiger charge is 2.10. The van der Waals surface area contributed by atoms with Crippen LogP contribution in [0.4, 0.5) is 0 Å². The number of thiophene rings is 1. The van der Waals surface area contributed by atoms with Gasteiger partial charge in [-0.1, -0.05) is 24.3 Å². The Bertz CT molecular complexity index is 1110. The van der Waals surface area contributed by atoms with Gasteiger partial charge in [0.05, 0.1) is 19.0 Å². The third kappa shape index (κ3) is 3.95. The van der Waals surface area contributed by atoms with E-state index in [1.807, 2.05) is 28.3 Å². The number of nitrogens with one attached hydrogen (secondary N) is 2. The zero-order valence-electron chi connectivity index (χ0n) is 15.2. The summed E-state index contributed by atoms with van der Waals surface area (Å²) in [4.78, 5) is 6.90. The molecule has 5 nitrogen and oxygen atoms in total. The Morgan fingerprint density at radius 2 is 2.00 bits per heavy atom. The summed E-state index contributed by atoms with van der Waals surface area (Å²) in [7, 11) is 3.85. The topological polar surface area (TPSA) is 47.3 Å². The van der Waals surface area contributed by atoms with E-state index in [-0.39, 0.29) is 0 Å². The second-order valence-corrected chi connectivity index (χ2v) is 7.91. The van der Waals surface area contributed by atoms with Gasteiger partial charge in [-0.15, -0.1) is 11.3 Å². The lowest BCUT2D eigenvalue weighted by Gasteiger charge is -2.14. The van der Waals surface area contributed by atoms with Gasteiger partial charge in [0.25, 0.3) is 0 Å². The van der Waals surface area contributed by atoms with Crippen LogP contribution in [0, 0.1) is 4.77 Å². The molecule has 2 N–H and O–H groups in total. The average molecular weight is 398 g/mol. The van der Waals surface area contributed by atoms with Crippen LogP contribution in [0.25, 0.3) is 21.5 Å². The van der Waals surface area contributed by atoms with E-state index in [9.17, 15) is 0 Å². The van der Waals surface area contributed by atoms with Crippen molar-refractivity contribution in [2.24, 2.45) is 0 Å². The fourth-order valence-electron chi connectivity index (χ4n) is 3.17. The predicted molar refractivity (Wildman–Crippen MR) is 112 cm³/mol. The molecule has 0 aliphatic heterocycles. The van der Waals surface area contributed by atoms with Gasteiger partial charge in [-0.2, -0.15) is 4.98 Å². The van der Waals surface area contributed by atoms with Gasteiger partial charge in [-0.25, -0.2) is 4.68 Å². The third-order valence-corrected chi connectivity index (χ3v) is 5.67. The largest absolute Gasteiger partial charge is 0.497 e. The van der Waals surface area contributed by atoms with Crippen LogP contribution in [-0.4, -0.2) is 28.9 Å². The standard InChI is InChI=1S/C20H20N4OS2/c1-23(13-24-20(26)21-19(22-24)18-4-3-9-27-18)12-14-5-6-16-11-17(25-2)8-7-15(16)10-14/h3-11H,12-13H2,1-2H3,(H,21,22,26)/p+1. The molecule has 0 aliphatic rings. The first-order chi connectivity index (χ1) is 13.1. The van der Waals surface area contributed by atoms with Gasteiger partial charge in [-0.3, -0.25) is 5.10 Å². The maximum atomic E-state index is 5.42. The number of aromatic nitrogens is 3. The van der Waals surface area contributed by atoms with Crippen LogP contribution in [0.1, 0.15) is 5.56 Å². The highest BCUT2D eigenvalue weighted by Crippen LogP contribution is 2.22. The van der Waals surface area contributed by atoms with E-state index in [0.717, 1.165) is 29.7 Å². The van der Waals surface area contributed by atoms with Crippen molar-refractivity contribution in [1.29, 1.82) is 0 Å². The number of benzene rings is 2. The number of methoxy groups -OCH3 is 1. The number of rotatable bonds is 6. The third-order valence-electron chi connectivity index (χ3n) is 4.48. The molecule has 7 heteroatoms. The summed E-state index contributed by atoms with van der Waals surface area (Å²) in [6.45, 7) is 1.63. The number of ether oxygens (including phenoxy) is 1. The van der Waals surface area contributed by atoms with E-state index >= 15 is 0 Å². The van der Waals surface area contributed by atoms with Crippen LogP contribution >= 0.6 is 23.6 Å². The molecule has 2 heterocycles. The van der Waals surface area contributed by atoms with Crippen molar-refractivity contribution in [2.45, 2.75) is 13.2 Å². The summed E-state index contributed by atoms with van der Waals surface area (Å²) >= 11 is 7.07. The van der Waals surface area contributed by atoms with Crippen molar-refractivity contribution in [1.82, 2.24) is 14.8 Å². The van der Waals surface area contributed by atoms with Crippen molar-refractivity contribution in [2.75, 3.05) is 14.2 Å². The number of hydrogen-bond donors (Lipinski definition) is 2. The number of H-pyrrole nitrogens is 1. The smallest absolute Gasteiger partial charge is 0.221 e. The number of hydrogen-bond acceptors (Lipinski definition) is 4. The Morgan fingerprint density at radius 3 is 2.78 bits per heavy atom. The summed E-state index contributed by atoms with van der Waals surface area (Å²) in [5.41, 5.74) is 1.29. The van der Waals surface area contributed by atoms with Crippen LogP contribution in [0.15, 0.2) is 53.9 Å². The first kappa shape index (κ1) is 17.9. The molecule has 0 fully saturated rings. The Labute approximate surface area is 166 Å². The number of nitrogens with zero attached hydrogens (tertiary/aromatic N) is 2. The molecule has 0 amide bonds. The van der Waals surface area contributed by atoms with Gasteiger partial charge in [-0.05, 0) is 52.6 Å². The molecule has 2 aromatic carbocycles. The van der Waals surface area contributed by atoms with Crippen LogP contribution in [0.5, 0.6) is 5.75 Å². The van der Waals surface area contributed by atoms with Gasteiger partial charge in [0.1, 0.15) is 12.3 Å². The van der Waals surface area contributed by atoms with Crippen LogP contribution in [0.2, 0.25) is 0 Å². The second-order valence-electron chi connectivity index (χ2n) is 6.60. The molecule has 0 saturated heterocycles. The van der Waals surface area contributed by atoms with Crippen LogP contribution < -0.4 is 9.64 Å². The fraction of sp³-hybridized carbons (Fsp3) is 0.200. The second kappa shape index (κ2) is 7.64. The summed E-state index contributed by atoms with van der Waals surface area (Å²) in [5, 5.41) is 7.77. The molecule has 0 radical (unpaired) electrons. The lowest BCUT2D eigenvalue weighted by atomic mass is 10.1. The minimum absolute atomic E-state index is 0.586. The maximum absolute atomic E-state index is 5.42. The number of fused-ring (bicyclic) bond motifs is 1. The lowest BCUT2D eigenvalue weighted by molar-refractivity contribution is -0.917.